The Morgan fingerprint density at radius 3 is 2.89 bits per heavy atom. The molecule has 148 valence electrons. The zero-order chi connectivity index (χ0) is 19.4. The molecule has 0 bridgehead atoms. The third-order valence-electron chi connectivity index (χ3n) is 5.88. The molecule has 7 heteroatoms. The standard InChI is InChI=1S/C21H27N5O2/c1-28-18-7-12-23-20(24-18)26-13-4-9-21(16-26)10-6-19(27)25(15-21)14-8-17-5-2-3-11-22-17/h2-3,5,7,11-12H,4,6,8-10,13-16H2,1H3/t21-/m1/s1. The van der Waals surface area contributed by atoms with Gasteiger partial charge < -0.3 is 14.5 Å². The third kappa shape index (κ3) is 4.08. The van der Waals surface area contributed by atoms with E-state index in [0.717, 1.165) is 63.5 Å². The van der Waals surface area contributed by atoms with Crippen LogP contribution in [0.25, 0.3) is 0 Å². The molecular weight excluding hydrogens is 354 g/mol. The van der Waals surface area contributed by atoms with Crippen molar-refractivity contribution in [3.63, 3.8) is 0 Å². The highest BCUT2D eigenvalue weighted by atomic mass is 16.5. The smallest absolute Gasteiger partial charge is 0.228 e. The second-order valence-corrected chi connectivity index (χ2v) is 7.81. The maximum absolute atomic E-state index is 12.5. The summed E-state index contributed by atoms with van der Waals surface area (Å²) < 4.78 is 5.25. The van der Waals surface area contributed by atoms with Crippen LogP contribution in [0, 0.1) is 5.41 Å². The molecule has 4 heterocycles. The predicted octanol–water partition coefficient (Wildman–Crippen LogP) is 2.33. The zero-order valence-electron chi connectivity index (χ0n) is 16.4. The number of nitrogens with zero attached hydrogens (tertiary/aromatic N) is 5. The lowest BCUT2D eigenvalue weighted by molar-refractivity contribution is -0.137. The minimum absolute atomic E-state index is 0.114. The summed E-state index contributed by atoms with van der Waals surface area (Å²) in [4.78, 5) is 30.1. The van der Waals surface area contributed by atoms with Crippen molar-refractivity contribution >= 4 is 11.9 Å². The van der Waals surface area contributed by atoms with Crippen LogP contribution in [-0.2, 0) is 11.2 Å². The first-order valence-electron chi connectivity index (χ1n) is 9.97. The van der Waals surface area contributed by atoms with Crippen molar-refractivity contribution < 1.29 is 9.53 Å². The van der Waals surface area contributed by atoms with Crippen LogP contribution in [-0.4, -0.2) is 59.0 Å². The van der Waals surface area contributed by atoms with Crippen molar-refractivity contribution in [1.29, 1.82) is 0 Å². The first-order chi connectivity index (χ1) is 13.7. The lowest BCUT2D eigenvalue weighted by Gasteiger charge is -2.48. The molecule has 0 aromatic carbocycles. The Morgan fingerprint density at radius 2 is 2.07 bits per heavy atom. The van der Waals surface area contributed by atoms with Gasteiger partial charge in [0.2, 0.25) is 17.7 Å². The van der Waals surface area contributed by atoms with Crippen LogP contribution in [0.15, 0.2) is 36.7 Å². The van der Waals surface area contributed by atoms with E-state index < -0.39 is 0 Å². The number of anilines is 1. The van der Waals surface area contributed by atoms with Gasteiger partial charge in [-0.05, 0) is 31.4 Å². The summed E-state index contributed by atoms with van der Waals surface area (Å²) in [7, 11) is 1.62. The Morgan fingerprint density at radius 1 is 1.14 bits per heavy atom. The molecule has 2 aliphatic rings. The number of amides is 1. The molecule has 2 aliphatic heterocycles. The Kier molecular flexibility index (Phi) is 5.41. The van der Waals surface area contributed by atoms with Gasteiger partial charge >= 0.3 is 0 Å². The highest BCUT2D eigenvalue weighted by molar-refractivity contribution is 5.77. The highest BCUT2D eigenvalue weighted by Gasteiger charge is 2.42. The number of piperidine rings is 2. The Bertz CT molecular complexity index is 815. The molecule has 2 aromatic heterocycles. The van der Waals surface area contributed by atoms with E-state index in [1.165, 1.54) is 0 Å². The van der Waals surface area contributed by atoms with Crippen molar-refractivity contribution in [3.8, 4) is 5.88 Å². The van der Waals surface area contributed by atoms with Crippen molar-refractivity contribution in [2.75, 3.05) is 38.2 Å². The number of methoxy groups -OCH3 is 1. The van der Waals surface area contributed by atoms with Crippen LogP contribution in [0.3, 0.4) is 0 Å². The number of pyridine rings is 1. The first-order valence-corrected chi connectivity index (χ1v) is 9.97. The molecule has 2 aromatic rings. The Labute approximate surface area is 165 Å². The molecule has 0 N–H and O–H groups in total. The fourth-order valence-electron chi connectivity index (χ4n) is 4.41. The van der Waals surface area contributed by atoms with E-state index in [9.17, 15) is 4.79 Å². The van der Waals surface area contributed by atoms with Gasteiger partial charge in [-0.15, -0.1) is 0 Å². The number of hydrogen-bond donors (Lipinski definition) is 0. The van der Waals surface area contributed by atoms with Crippen LogP contribution in [0.2, 0.25) is 0 Å². The maximum atomic E-state index is 12.5. The summed E-state index contributed by atoms with van der Waals surface area (Å²) in [5.74, 6) is 1.56. The second-order valence-electron chi connectivity index (χ2n) is 7.81. The predicted molar refractivity (Wildman–Crippen MR) is 106 cm³/mol. The van der Waals surface area contributed by atoms with E-state index in [1.54, 1.807) is 19.4 Å². The van der Waals surface area contributed by atoms with E-state index in [-0.39, 0.29) is 11.3 Å². The van der Waals surface area contributed by atoms with Gasteiger partial charge in [-0.1, -0.05) is 6.07 Å². The molecule has 4 rings (SSSR count). The normalized spacial score (nSPS) is 22.5. The largest absolute Gasteiger partial charge is 0.481 e. The number of carbonyl (C=O) groups is 1. The number of carbonyl (C=O) groups excluding carboxylic acids is 1. The van der Waals surface area contributed by atoms with Gasteiger partial charge in [0, 0.05) is 68.6 Å². The maximum Gasteiger partial charge on any atom is 0.228 e. The third-order valence-corrected chi connectivity index (χ3v) is 5.88. The van der Waals surface area contributed by atoms with Gasteiger partial charge in [0.25, 0.3) is 0 Å². The number of rotatable bonds is 5. The number of ether oxygens (including phenoxy) is 1. The molecule has 7 nitrogen and oxygen atoms in total. The van der Waals surface area contributed by atoms with E-state index >= 15 is 0 Å². The fraction of sp³-hybridized carbons (Fsp3) is 0.524. The van der Waals surface area contributed by atoms with E-state index in [2.05, 4.69) is 19.9 Å². The second kappa shape index (κ2) is 8.12. The molecule has 1 atom stereocenters. The van der Waals surface area contributed by atoms with Gasteiger partial charge in [-0.25, -0.2) is 4.98 Å². The Balaban J connectivity index is 1.44. The fourth-order valence-corrected chi connectivity index (χ4v) is 4.41. The van der Waals surface area contributed by atoms with Gasteiger partial charge in [-0.3, -0.25) is 9.78 Å². The van der Waals surface area contributed by atoms with Crippen LogP contribution < -0.4 is 9.64 Å². The van der Waals surface area contributed by atoms with Gasteiger partial charge in [0.15, 0.2) is 0 Å². The van der Waals surface area contributed by atoms with Crippen molar-refractivity contribution in [1.82, 2.24) is 19.9 Å². The molecule has 0 radical (unpaired) electrons. The van der Waals surface area contributed by atoms with Crippen molar-refractivity contribution in [2.45, 2.75) is 32.1 Å². The van der Waals surface area contributed by atoms with Crippen LogP contribution in [0.4, 0.5) is 5.95 Å². The summed E-state index contributed by atoms with van der Waals surface area (Å²) in [5.41, 5.74) is 1.15. The molecule has 0 aliphatic carbocycles. The highest BCUT2D eigenvalue weighted by Crippen LogP contribution is 2.39. The average Bonchev–Trinajstić information content (AvgIpc) is 2.75. The lowest BCUT2D eigenvalue weighted by atomic mass is 9.73. The lowest BCUT2D eigenvalue weighted by Crippen LogP contribution is -2.54. The van der Waals surface area contributed by atoms with E-state index in [0.29, 0.717) is 12.3 Å². The van der Waals surface area contributed by atoms with Crippen molar-refractivity contribution in [2.24, 2.45) is 5.41 Å². The van der Waals surface area contributed by atoms with Gasteiger partial charge in [0.1, 0.15) is 0 Å². The number of hydrogen-bond acceptors (Lipinski definition) is 6. The minimum Gasteiger partial charge on any atom is -0.481 e. The summed E-state index contributed by atoms with van der Waals surface area (Å²) in [6, 6.07) is 7.70. The summed E-state index contributed by atoms with van der Waals surface area (Å²) in [6.07, 6.45) is 8.13. The molecule has 2 fully saturated rings. The molecule has 0 unspecified atom stereocenters. The van der Waals surface area contributed by atoms with Crippen molar-refractivity contribution in [3.05, 3.63) is 42.4 Å². The van der Waals surface area contributed by atoms with Gasteiger partial charge in [0.05, 0.1) is 7.11 Å². The monoisotopic (exact) mass is 381 g/mol. The summed E-state index contributed by atoms with van der Waals surface area (Å²) in [5, 5.41) is 0. The Hall–Kier alpha value is -2.70. The SMILES string of the molecule is COc1ccnc(N2CCC[C@]3(CCC(=O)N(CCc4ccccn4)C3)C2)n1. The summed E-state index contributed by atoms with van der Waals surface area (Å²) >= 11 is 0. The quantitative estimate of drug-likeness (QED) is 0.792. The summed E-state index contributed by atoms with van der Waals surface area (Å²) in [6.45, 7) is 3.36. The molecule has 28 heavy (non-hydrogen) atoms. The molecule has 1 amide bonds. The topological polar surface area (TPSA) is 71.5 Å². The average molecular weight is 381 g/mol. The molecule has 1 spiro atoms. The van der Waals surface area contributed by atoms with Crippen LogP contribution in [0.5, 0.6) is 5.88 Å². The number of aromatic nitrogens is 3. The molecular formula is C21H27N5O2. The molecule has 0 saturated carbocycles. The zero-order valence-corrected chi connectivity index (χ0v) is 16.4. The number of likely N-dealkylation sites (tertiary alicyclic amines) is 1. The van der Waals surface area contributed by atoms with Crippen LogP contribution in [0.1, 0.15) is 31.4 Å². The minimum atomic E-state index is 0.114. The van der Waals surface area contributed by atoms with E-state index in [4.69, 9.17) is 4.74 Å². The van der Waals surface area contributed by atoms with Gasteiger partial charge in [-0.2, -0.15) is 4.98 Å². The van der Waals surface area contributed by atoms with Crippen LogP contribution >= 0.6 is 0 Å². The molecule has 2 saturated heterocycles. The van der Waals surface area contributed by atoms with E-state index in [1.807, 2.05) is 29.3 Å². The first kappa shape index (κ1) is 18.7.